The molecule has 0 unspecified atom stereocenters. The first-order valence-corrected chi connectivity index (χ1v) is 7.89. The van der Waals surface area contributed by atoms with Gasteiger partial charge in [-0.25, -0.2) is 4.39 Å². The molecule has 0 amide bonds. The fourth-order valence-electron chi connectivity index (χ4n) is 1.59. The van der Waals surface area contributed by atoms with E-state index in [0.717, 1.165) is 11.3 Å². The minimum absolute atomic E-state index is 0.218. The SMILES string of the molecule is C=CC=N/C(=C\C)c1cccc(F)c1CNC.CC.CCC. The molecule has 0 aliphatic carbocycles. The van der Waals surface area contributed by atoms with Gasteiger partial charge in [-0.2, -0.15) is 0 Å². The zero-order valence-corrected chi connectivity index (χ0v) is 14.9. The fourth-order valence-corrected chi connectivity index (χ4v) is 1.59. The number of benzene rings is 1. The molecule has 0 heterocycles. The van der Waals surface area contributed by atoms with Crippen molar-refractivity contribution in [3.63, 3.8) is 0 Å². The molecule has 0 fully saturated rings. The predicted octanol–water partition coefficient (Wildman–Crippen LogP) is 5.61. The van der Waals surface area contributed by atoms with E-state index in [4.69, 9.17) is 0 Å². The summed E-state index contributed by atoms with van der Waals surface area (Å²) in [5.74, 6) is -0.218. The molecule has 1 rings (SSSR count). The van der Waals surface area contributed by atoms with Crippen LogP contribution in [0.25, 0.3) is 5.70 Å². The van der Waals surface area contributed by atoms with Crippen LogP contribution in [0.5, 0.6) is 0 Å². The highest BCUT2D eigenvalue weighted by atomic mass is 19.1. The van der Waals surface area contributed by atoms with Crippen molar-refractivity contribution >= 4 is 11.9 Å². The Hall–Kier alpha value is -1.74. The van der Waals surface area contributed by atoms with E-state index >= 15 is 0 Å². The molecule has 0 aliphatic rings. The van der Waals surface area contributed by atoms with E-state index in [2.05, 4.69) is 30.7 Å². The lowest BCUT2D eigenvalue weighted by Gasteiger charge is -2.10. The Morgan fingerprint density at radius 3 is 2.36 bits per heavy atom. The van der Waals surface area contributed by atoms with Crippen molar-refractivity contribution in [3.05, 3.63) is 53.9 Å². The molecule has 0 atom stereocenters. The minimum atomic E-state index is -0.218. The average Bonchev–Trinajstić information content (AvgIpc) is 2.54. The minimum Gasteiger partial charge on any atom is -0.316 e. The lowest BCUT2D eigenvalue weighted by atomic mass is 10.0. The van der Waals surface area contributed by atoms with Crippen molar-refractivity contribution in [2.75, 3.05) is 7.05 Å². The molecule has 124 valence electrons. The van der Waals surface area contributed by atoms with E-state index in [-0.39, 0.29) is 5.82 Å². The molecule has 0 saturated heterocycles. The highest BCUT2D eigenvalue weighted by molar-refractivity contribution is 5.80. The number of hydrogen-bond donors (Lipinski definition) is 1. The van der Waals surface area contributed by atoms with E-state index in [9.17, 15) is 4.39 Å². The summed E-state index contributed by atoms with van der Waals surface area (Å²) in [5.41, 5.74) is 2.18. The van der Waals surface area contributed by atoms with Crippen LogP contribution in [0.15, 0.2) is 41.9 Å². The summed E-state index contributed by atoms with van der Waals surface area (Å²) in [4.78, 5) is 4.24. The molecular weight excluding hydrogens is 275 g/mol. The maximum absolute atomic E-state index is 13.7. The van der Waals surface area contributed by atoms with Gasteiger partial charge < -0.3 is 5.32 Å². The zero-order valence-electron chi connectivity index (χ0n) is 14.9. The molecular formula is C19H31FN2. The van der Waals surface area contributed by atoms with Crippen molar-refractivity contribution in [1.82, 2.24) is 5.32 Å². The molecule has 1 aromatic rings. The number of hydrogen-bond acceptors (Lipinski definition) is 2. The van der Waals surface area contributed by atoms with Crippen LogP contribution in [0.2, 0.25) is 0 Å². The van der Waals surface area contributed by atoms with Gasteiger partial charge in [0.1, 0.15) is 5.82 Å². The summed E-state index contributed by atoms with van der Waals surface area (Å²) < 4.78 is 13.7. The first kappa shape index (κ1) is 22.5. The Balaban J connectivity index is 0. The Morgan fingerprint density at radius 1 is 1.32 bits per heavy atom. The van der Waals surface area contributed by atoms with Gasteiger partial charge >= 0.3 is 0 Å². The second-order valence-electron chi connectivity index (χ2n) is 4.19. The number of rotatable bonds is 5. The topological polar surface area (TPSA) is 24.4 Å². The van der Waals surface area contributed by atoms with Gasteiger partial charge in [-0.05, 0) is 20.0 Å². The highest BCUT2D eigenvalue weighted by Gasteiger charge is 2.09. The third kappa shape index (κ3) is 8.53. The number of halogens is 1. The number of allylic oxidation sites excluding steroid dienone is 2. The molecule has 1 N–H and O–H groups in total. The molecule has 0 aliphatic heterocycles. The summed E-state index contributed by atoms with van der Waals surface area (Å²) in [7, 11) is 1.79. The van der Waals surface area contributed by atoms with E-state index in [1.165, 1.54) is 12.5 Å². The van der Waals surface area contributed by atoms with E-state index < -0.39 is 0 Å². The standard InChI is InChI=1S/C14H17FN2.C3H8.C2H6/c1-4-9-17-14(5-2)11-7-6-8-13(15)12(11)10-16-3;1-3-2;1-2/h4-9,16H,1,10H2,2-3H3;3H2,1-2H3;1-2H3/b14-5-,17-9?;;. The van der Waals surface area contributed by atoms with Crippen molar-refractivity contribution < 1.29 is 4.39 Å². The fraction of sp³-hybridized carbons (Fsp3) is 0.421. The quantitative estimate of drug-likeness (QED) is 0.703. The zero-order chi connectivity index (χ0) is 17.4. The predicted molar refractivity (Wildman–Crippen MR) is 98.8 cm³/mol. The second kappa shape index (κ2) is 15.6. The van der Waals surface area contributed by atoms with Crippen molar-refractivity contribution in [2.24, 2.45) is 4.99 Å². The van der Waals surface area contributed by atoms with E-state index in [1.807, 2.05) is 32.9 Å². The van der Waals surface area contributed by atoms with Crippen LogP contribution in [-0.4, -0.2) is 13.3 Å². The Kier molecular flexibility index (Phi) is 16.0. The van der Waals surface area contributed by atoms with E-state index in [1.54, 1.807) is 25.4 Å². The molecule has 0 bridgehead atoms. The first-order chi connectivity index (χ1) is 10.7. The maximum atomic E-state index is 13.7. The first-order valence-electron chi connectivity index (χ1n) is 7.89. The highest BCUT2D eigenvalue weighted by Crippen LogP contribution is 2.22. The van der Waals surface area contributed by atoms with Crippen LogP contribution in [0.4, 0.5) is 4.39 Å². The average molecular weight is 306 g/mol. The molecule has 0 aromatic heterocycles. The van der Waals surface area contributed by atoms with Crippen LogP contribution in [0, 0.1) is 5.82 Å². The molecule has 0 spiro atoms. The van der Waals surface area contributed by atoms with Gasteiger partial charge in [0, 0.05) is 23.9 Å². The van der Waals surface area contributed by atoms with Crippen LogP contribution in [0.3, 0.4) is 0 Å². The number of nitrogens with one attached hydrogen (secondary N) is 1. The number of nitrogens with zero attached hydrogens (tertiary/aromatic N) is 1. The Bertz CT molecular complexity index is 463. The Morgan fingerprint density at radius 2 is 1.91 bits per heavy atom. The molecule has 0 saturated carbocycles. The van der Waals surface area contributed by atoms with Crippen LogP contribution >= 0.6 is 0 Å². The van der Waals surface area contributed by atoms with Crippen LogP contribution in [-0.2, 0) is 6.54 Å². The van der Waals surface area contributed by atoms with Gasteiger partial charge in [0.05, 0.1) is 5.70 Å². The van der Waals surface area contributed by atoms with Crippen molar-refractivity contribution in [3.8, 4) is 0 Å². The second-order valence-corrected chi connectivity index (χ2v) is 4.19. The van der Waals surface area contributed by atoms with Gasteiger partial charge in [-0.1, -0.05) is 65.0 Å². The maximum Gasteiger partial charge on any atom is 0.128 e. The van der Waals surface area contributed by atoms with Crippen LogP contribution < -0.4 is 5.32 Å². The Labute approximate surface area is 135 Å². The largest absolute Gasteiger partial charge is 0.316 e. The van der Waals surface area contributed by atoms with Gasteiger partial charge in [-0.15, -0.1) is 0 Å². The van der Waals surface area contributed by atoms with Crippen LogP contribution in [0.1, 0.15) is 52.2 Å². The molecule has 22 heavy (non-hydrogen) atoms. The lowest BCUT2D eigenvalue weighted by molar-refractivity contribution is 0.600. The summed E-state index contributed by atoms with van der Waals surface area (Å²) >= 11 is 0. The third-order valence-corrected chi connectivity index (χ3v) is 2.34. The summed E-state index contributed by atoms with van der Waals surface area (Å²) in [6.45, 7) is 14.2. The van der Waals surface area contributed by atoms with Gasteiger partial charge in [-0.3, -0.25) is 4.99 Å². The normalized spacial score (nSPS) is 10.4. The lowest BCUT2D eigenvalue weighted by Crippen LogP contribution is -2.09. The van der Waals surface area contributed by atoms with Crippen molar-refractivity contribution in [1.29, 1.82) is 0 Å². The summed E-state index contributed by atoms with van der Waals surface area (Å²) in [6, 6.07) is 5.02. The van der Waals surface area contributed by atoms with Gasteiger partial charge in [0.2, 0.25) is 0 Å². The monoisotopic (exact) mass is 306 g/mol. The molecule has 3 heteroatoms. The molecule has 0 radical (unpaired) electrons. The molecule has 1 aromatic carbocycles. The summed E-state index contributed by atoms with van der Waals surface area (Å²) in [6.07, 6.45) is 6.30. The van der Waals surface area contributed by atoms with Gasteiger partial charge in [0.25, 0.3) is 0 Å². The summed E-state index contributed by atoms with van der Waals surface area (Å²) in [5, 5.41) is 2.96. The van der Waals surface area contributed by atoms with E-state index in [0.29, 0.717) is 12.1 Å². The third-order valence-electron chi connectivity index (χ3n) is 2.34. The molecule has 2 nitrogen and oxygen atoms in total. The number of aliphatic imine (C=N–C) groups is 1. The van der Waals surface area contributed by atoms with Crippen molar-refractivity contribution in [2.45, 2.75) is 47.6 Å². The smallest absolute Gasteiger partial charge is 0.128 e. The van der Waals surface area contributed by atoms with Gasteiger partial charge in [0.15, 0.2) is 0 Å².